The van der Waals surface area contributed by atoms with Crippen LogP contribution in [0.4, 0.5) is 5.69 Å². The molecule has 33 heavy (non-hydrogen) atoms. The molecule has 0 unspecified atom stereocenters. The van der Waals surface area contributed by atoms with Gasteiger partial charge in [-0.3, -0.25) is 4.79 Å². The largest absolute Gasteiger partial charge is 0.493 e. The smallest absolute Gasteiger partial charge is 0.278 e. The number of hydrogen-bond donors (Lipinski definition) is 1. The monoisotopic (exact) mass is 445 g/mol. The summed E-state index contributed by atoms with van der Waals surface area (Å²) in [6, 6.07) is 15.4. The predicted octanol–water partition coefficient (Wildman–Crippen LogP) is 4.81. The molecule has 8 nitrogen and oxygen atoms in total. The first-order valence-corrected chi connectivity index (χ1v) is 11.0. The summed E-state index contributed by atoms with van der Waals surface area (Å²) in [4.78, 5) is 17.5. The first-order chi connectivity index (χ1) is 16.0. The molecular formula is C25H27N5O3. The highest BCUT2D eigenvalue weighted by Gasteiger charge is 2.20. The van der Waals surface area contributed by atoms with Gasteiger partial charge in [0.2, 0.25) is 5.89 Å². The third kappa shape index (κ3) is 4.64. The molecule has 170 valence electrons. The summed E-state index contributed by atoms with van der Waals surface area (Å²) in [6.45, 7) is 8.55. The van der Waals surface area contributed by atoms with Gasteiger partial charge in [-0.2, -0.15) is 0 Å². The molecule has 2 heterocycles. The number of aromatic nitrogens is 4. The van der Waals surface area contributed by atoms with Crippen molar-refractivity contribution in [3.05, 3.63) is 76.9 Å². The number of benzene rings is 2. The van der Waals surface area contributed by atoms with E-state index in [0.717, 1.165) is 29.0 Å². The SMILES string of the molecule is CCOc1ccccc1-c1nc(Cn2nnc(C(=O)Nc3ccccc3CC)c2C)c(C)o1. The van der Waals surface area contributed by atoms with Crippen LogP contribution in [0, 0.1) is 13.8 Å². The molecule has 0 radical (unpaired) electrons. The molecule has 0 atom stereocenters. The van der Waals surface area contributed by atoms with E-state index >= 15 is 0 Å². The number of carbonyl (C=O) groups is 1. The Balaban J connectivity index is 1.55. The van der Waals surface area contributed by atoms with Crippen LogP contribution in [0.1, 0.15) is 47.0 Å². The molecule has 0 fully saturated rings. The van der Waals surface area contributed by atoms with E-state index in [-0.39, 0.29) is 11.6 Å². The number of hydrogen-bond acceptors (Lipinski definition) is 6. The Morgan fingerprint density at radius 2 is 1.85 bits per heavy atom. The maximum absolute atomic E-state index is 12.8. The average molecular weight is 446 g/mol. The molecular weight excluding hydrogens is 418 g/mol. The van der Waals surface area contributed by atoms with Crippen molar-refractivity contribution in [1.82, 2.24) is 20.0 Å². The quantitative estimate of drug-likeness (QED) is 0.418. The Hall–Kier alpha value is -3.94. The Kier molecular flexibility index (Phi) is 6.53. The Labute approximate surface area is 192 Å². The molecule has 2 aromatic carbocycles. The second-order valence-electron chi connectivity index (χ2n) is 7.60. The Morgan fingerprint density at radius 3 is 2.64 bits per heavy atom. The van der Waals surface area contributed by atoms with Crippen molar-refractivity contribution in [3.63, 3.8) is 0 Å². The molecule has 0 aliphatic carbocycles. The van der Waals surface area contributed by atoms with Gasteiger partial charge in [0.05, 0.1) is 24.4 Å². The number of para-hydroxylation sites is 2. The molecule has 0 spiro atoms. The summed E-state index contributed by atoms with van der Waals surface area (Å²) < 4.78 is 13.3. The van der Waals surface area contributed by atoms with Crippen LogP contribution in [0.15, 0.2) is 52.9 Å². The number of nitrogens with one attached hydrogen (secondary N) is 1. The van der Waals surface area contributed by atoms with Crippen molar-refractivity contribution in [1.29, 1.82) is 0 Å². The van der Waals surface area contributed by atoms with Gasteiger partial charge in [0, 0.05) is 5.69 Å². The van der Waals surface area contributed by atoms with Crippen molar-refractivity contribution in [3.8, 4) is 17.2 Å². The molecule has 0 aliphatic heterocycles. The number of nitrogens with zero attached hydrogens (tertiary/aromatic N) is 4. The highest BCUT2D eigenvalue weighted by molar-refractivity contribution is 6.03. The van der Waals surface area contributed by atoms with Gasteiger partial charge in [-0.05, 0) is 51.0 Å². The molecule has 1 N–H and O–H groups in total. The van der Waals surface area contributed by atoms with Gasteiger partial charge < -0.3 is 14.5 Å². The fourth-order valence-electron chi connectivity index (χ4n) is 3.61. The van der Waals surface area contributed by atoms with E-state index in [4.69, 9.17) is 9.15 Å². The van der Waals surface area contributed by atoms with Gasteiger partial charge in [0.1, 0.15) is 17.2 Å². The van der Waals surface area contributed by atoms with Crippen LogP contribution in [-0.2, 0) is 13.0 Å². The lowest BCUT2D eigenvalue weighted by Gasteiger charge is -2.08. The van der Waals surface area contributed by atoms with Crippen molar-refractivity contribution < 1.29 is 13.9 Å². The maximum Gasteiger partial charge on any atom is 0.278 e. The van der Waals surface area contributed by atoms with Crippen LogP contribution >= 0.6 is 0 Å². The number of ether oxygens (including phenoxy) is 1. The predicted molar refractivity (Wildman–Crippen MR) is 125 cm³/mol. The zero-order valence-electron chi connectivity index (χ0n) is 19.3. The summed E-state index contributed by atoms with van der Waals surface area (Å²) in [5, 5.41) is 11.3. The van der Waals surface area contributed by atoms with Gasteiger partial charge in [-0.1, -0.05) is 42.5 Å². The molecule has 0 aliphatic rings. The van der Waals surface area contributed by atoms with Crippen molar-refractivity contribution in [2.45, 2.75) is 40.7 Å². The van der Waals surface area contributed by atoms with Crippen LogP contribution in [0.25, 0.3) is 11.5 Å². The van der Waals surface area contributed by atoms with Gasteiger partial charge in [-0.15, -0.1) is 5.10 Å². The highest BCUT2D eigenvalue weighted by Crippen LogP contribution is 2.31. The molecule has 4 rings (SSSR count). The first-order valence-electron chi connectivity index (χ1n) is 11.0. The average Bonchev–Trinajstić information content (AvgIpc) is 3.37. The lowest BCUT2D eigenvalue weighted by Crippen LogP contribution is -2.15. The van der Waals surface area contributed by atoms with Gasteiger partial charge in [0.15, 0.2) is 5.69 Å². The number of oxazole rings is 1. The second-order valence-corrected chi connectivity index (χ2v) is 7.60. The van der Waals surface area contributed by atoms with Crippen LogP contribution in [0.2, 0.25) is 0 Å². The highest BCUT2D eigenvalue weighted by atomic mass is 16.5. The van der Waals surface area contributed by atoms with E-state index < -0.39 is 0 Å². The zero-order valence-corrected chi connectivity index (χ0v) is 19.3. The number of rotatable bonds is 8. The molecule has 8 heteroatoms. The van der Waals surface area contributed by atoms with Crippen LogP contribution in [-0.4, -0.2) is 32.5 Å². The fraction of sp³-hybridized carbons (Fsp3) is 0.280. The molecule has 0 saturated carbocycles. The molecule has 1 amide bonds. The lowest BCUT2D eigenvalue weighted by molar-refractivity contribution is 0.102. The van der Waals surface area contributed by atoms with Gasteiger partial charge in [0.25, 0.3) is 5.91 Å². The topological polar surface area (TPSA) is 95.1 Å². The minimum Gasteiger partial charge on any atom is -0.493 e. The van der Waals surface area contributed by atoms with E-state index in [0.29, 0.717) is 36.2 Å². The standard InChI is InChI=1S/C25H27N5O3/c1-5-18-11-7-9-13-20(18)26-24(31)23-16(3)30(29-28-23)15-21-17(4)33-25(27-21)19-12-8-10-14-22(19)32-6-2/h7-14H,5-6,15H2,1-4H3,(H,26,31). The fourth-order valence-corrected chi connectivity index (χ4v) is 3.61. The van der Waals surface area contributed by atoms with E-state index in [2.05, 4.69) is 20.6 Å². The normalized spacial score (nSPS) is 10.9. The van der Waals surface area contributed by atoms with Crippen molar-refractivity contribution in [2.24, 2.45) is 0 Å². The van der Waals surface area contributed by atoms with E-state index in [1.54, 1.807) is 4.68 Å². The summed E-state index contributed by atoms with van der Waals surface area (Å²) in [6.07, 6.45) is 0.822. The number of amides is 1. The molecule has 0 bridgehead atoms. The van der Waals surface area contributed by atoms with Gasteiger partial charge >= 0.3 is 0 Å². The number of anilines is 1. The van der Waals surface area contributed by atoms with E-state index in [9.17, 15) is 4.79 Å². The Morgan fingerprint density at radius 1 is 1.09 bits per heavy atom. The Bertz CT molecular complexity index is 1270. The summed E-state index contributed by atoms with van der Waals surface area (Å²) in [5.74, 6) is 1.59. The first kappa shape index (κ1) is 22.3. The molecule has 2 aromatic heterocycles. The summed E-state index contributed by atoms with van der Waals surface area (Å²) >= 11 is 0. The van der Waals surface area contributed by atoms with Crippen LogP contribution < -0.4 is 10.1 Å². The third-order valence-electron chi connectivity index (χ3n) is 5.45. The van der Waals surface area contributed by atoms with Crippen molar-refractivity contribution in [2.75, 3.05) is 11.9 Å². The third-order valence-corrected chi connectivity index (χ3v) is 5.45. The minimum atomic E-state index is -0.289. The summed E-state index contributed by atoms with van der Waals surface area (Å²) in [7, 11) is 0. The second kappa shape index (κ2) is 9.68. The van der Waals surface area contributed by atoms with Crippen molar-refractivity contribution >= 4 is 11.6 Å². The lowest BCUT2D eigenvalue weighted by atomic mass is 10.1. The number of aryl methyl sites for hydroxylation is 2. The van der Waals surface area contributed by atoms with Crippen LogP contribution in [0.5, 0.6) is 5.75 Å². The van der Waals surface area contributed by atoms with Crippen LogP contribution in [0.3, 0.4) is 0 Å². The maximum atomic E-state index is 12.8. The minimum absolute atomic E-state index is 0.281. The molecule has 4 aromatic rings. The summed E-state index contributed by atoms with van der Waals surface area (Å²) in [5.41, 5.74) is 4.29. The van der Waals surface area contributed by atoms with E-state index in [1.807, 2.05) is 76.2 Å². The molecule has 0 saturated heterocycles. The number of carbonyl (C=O) groups excluding carboxylic acids is 1. The van der Waals surface area contributed by atoms with Gasteiger partial charge in [-0.25, -0.2) is 9.67 Å². The van der Waals surface area contributed by atoms with E-state index in [1.165, 1.54) is 0 Å². The zero-order chi connectivity index (χ0) is 23.4.